The van der Waals surface area contributed by atoms with Crippen LogP contribution < -0.4 is 11.1 Å². The van der Waals surface area contributed by atoms with Crippen molar-refractivity contribution in [3.8, 4) is 22.5 Å². The lowest BCUT2D eigenvalue weighted by Gasteiger charge is -2.16. The number of hydrogen-bond donors (Lipinski definition) is 2. The van der Waals surface area contributed by atoms with Crippen LogP contribution in [0.5, 0.6) is 0 Å². The predicted molar refractivity (Wildman–Crippen MR) is 133 cm³/mol. The molecule has 1 amide bonds. The van der Waals surface area contributed by atoms with Gasteiger partial charge in [0.05, 0.1) is 28.6 Å². The number of benzene rings is 2. The number of aromatic nitrogens is 4. The molecule has 2 aromatic carbocycles. The van der Waals surface area contributed by atoms with E-state index in [2.05, 4.69) is 20.3 Å². The first-order valence-corrected chi connectivity index (χ1v) is 10.9. The third-order valence-electron chi connectivity index (χ3n) is 5.54. The van der Waals surface area contributed by atoms with Crippen LogP contribution in [-0.4, -0.2) is 25.8 Å². The Balaban J connectivity index is 1.60. The molecule has 5 rings (SSSR count). The maximum atomic E-state index is 13.2. The summed E-state index contributed by atoms with van der Waals surface area (Å²) < 4.78 is 0. The van der Waals surface area contributed by atoms with Gasteiger partial charge >= 0.3 is 0 Å². The van der Waals surface area contributed by atoms with E-state index in [-0.39, 0.29) is 17.6 Å². The SMILES string of the molecule is C[C@@H](NC(=O)c1nc(-c2ccc3cccnc3c2)c(-c2ccccc2)nc1N)c1ccccn1. The van der Waals surface area contributed by atoms with Crippen molar-refractivity contribution in [3.05, 3.63) is 103 Å². The van der Waals surface area contributed by atoms with Gasteiger partial charge in [-0.1, -0.05) is 54.6 Å². The van der Waals surface area contributed by atoms with Crippen LogP contribution in [0, 0.1) is 0 Å². The van der Waals surface area contributed by atoms with Crippen LogP contribution in [0.1, 0.15) is 29.1 Å². The van der Waals surface area contributed by atoms with Crippen LogP contribution in [-0.2, 0) is 0 Å². The highest BCUT2D eigenvalue weighted by atomic mass is 16.2. The Morgan fingerprint density at radius 2 is 1.59 bits per heavy atom. The fourth-order valence-corrected chi connectivity index (χ4v) is 3.80. The minimum Gasteiger partial charge on any atom is -0.382 e. The summed E-state index contributed by atoms with van der Waals surface area (Å²) in [4.78, 5) is 31.3. The van der Waals surface area contributed by atoms with Gasteiger partial charge in [0.2, 0.25) is 0 Å². The number of carbonyl (C=O) groups is 1. The van der Waals surface area contributed by atoms with Gasteiger partial charge in [-0.05, 0) is 31.2 Å². The lowest BCUT2D eigenvalue weighted by Crippen LogP contribution is -2.29. The van der Waals surface area contributed by atoms with Gasteiger partial charge in [0.25, 0.3) is 5.91 Å². The van der Waals surface area contributed by atoms with Crippen LogP contribution in [0.25, 0.3) is 33.4 Å². The minimum absolute atomic E-state index is 0.0623. The summed E-state index contributed by atoms with van der Waals surface area (Å²) in [5, 5.41) is 3.94. The Bertz CT molecular complexity index is 1470. The van der Waals surface area contributed by atoms with Crippen molar-refractivity contribution in [1.29, 1.82) is 0 Å². The highest BCUT2D eigenvalue weighted by Crippen LogP contribution is 2.32. The number of hydrogen-bond acceptors (Lipinski definition) is 6. The quantitative estimate of drug-likeness (QED) is 0.401. The number of pyridine rings is 2. The van der Waals surface area contributed by atoms with E-state index in [1.165, 1.54) is 0 Å². The van der Waals surface area contributed by atoms with Gasteiger partial charge < -0.3 is 11.1 Å². The van der Waals surface area contributed by atoms with Crippen molar-refractivity contribution < 1.29 is 4.79 Å². The monoisotopic (exact) mass is 446 g/mol. The maximum absolute atomic E-state index is 13.2. The van der Waals surface area contributed by atoms with Crippen LogP contribution in [0.3, 0.4) is 0 Å². The molecule has 0 unspecified atom stereocenters. The van der Waals surface area contributed by atoms with E-state index in [0.717, 1.165) is 27.7 Å². The number of carbonyl (C=O) groups excluding carboxylic acids is 1. The topological polar surface area (TPSA) is 107 Å². The first-order valence-electron chi connectivity index (χ1n) is 10.9. The fraction of sp³-hybridized carbons (Fsp3) is 0.0741. The molecule has 0 spiro atoms. The molecular weight excluding hydrogens is 424 g/mol. The lowest BCUT2D eigenvalue weighted by molar-refractivity contribution is 0.0935. The van der Waals surface area contributed by atoms with Gasteiger partial charge in [0.1, 0.15) is 0 Å². The standard InChI is InChI=1S/C27H22N6O/c1-17(21-11-5-6-14-29-21)31-27(34)25-26(28)33-23(19-8-3-2-4-9-19)24(32-25)20-13-12-18-10-7-15-30-22(18)16-20/h2-17H,1H3,(H2,28,33)(H,31,34)/t17-/m1/s1. The number of anilines is 1. The Morgan fingerprint density at radius 1 is 0.824 bits per heavy atom. The van der Waals surface area contributed by atoms with Gasteiger partial charge in [-0.2, -0.15) is 0 Å². The normalized spacial score (nSPS) is 11.8. The Morgan fingerprint density at radius 3 is 2.38 bits per heavy atom. The number of rotatable bonds is 5. The van der Waals surface area contributed by atoms with Crippen molar-refractivity contribution in [2.75, 3.05) is 5.73 Å². The lowest BCUT2D eigenvalue weighted by atomic mass is 10.0. The zero-order valence-electron chi connectivity index (χ0n) is 18.5. The van der Waals surface area contributed by atoms with E-state index in [0.29, 0.717) is 11.4 Å². The largest absolute Gasteiger partial charge is 0.382 e. The average Bonchev–Trinajstić information content (AvgIpc) is 2.89. The van der Waals surface area contributed by atoms with E-state index < -0.39 is 5.91 Å². The summed E-state index contributed by atoms with van der Waals surface area (Å²) in [7, 11) is 0. The first-order chi connectivity index (χ1) is 16.6. The molecule has 0 aliphatic carbocycles. The van der Waals surface area contributed by atoms with Crippen molar-refractivity contribution >= 4 is 22.6 Å². The molecule has 0 fully saturated rings. The fourth-order valence-electron chi connectivity index (χ4n) is 3.80. The molecule has 0 saturated carbocycles. The average molecular weight is 447 g/mol. The second-order valence-electron chi connectivity index (χ2n) is 7.88. The molecule has 3 aromatic heterocycles. The highest BCUT2D eigenvalue weighted by Gasteiger charge is 2.22. The second-order valence-corrected chi connectivity index (χ2v) is 7.88. The number of nitrogens with zero attached hydrogens (tertiary/aromatic N) is 4. The predicted octanol–water partition coefficient (Wildman–Crippen LogP) is 4.83. The highest BCUT2D eigenvalue weighted by molar-refractivity contribution is 5.98. The van der Waals surface area contributed by atoms with Crippen LogP contribution in [0.2, 0.25) is 0 Å². The van der Waals surface area contributed by atoms with Crippen molar-refractivity contribution in [1.82, 2.24) is 25.3 Å². The molecule has 0 aliphatic rings. The Kier molecular flexibility index (Phi) is 5.66. The molecule has 0 aliphatic heterocycles. The Hall–Kier alpha value is -4.65. The summed E-state index contributed by atoms with van der Waals surface area (Å²) in [6.45, 7) is 1.86. The zero-order chi connectivity index (χ0) is 23.5. The molecule has 5 aromatic rings. The molecule has 0 radical (unpaired) electrons. The molecule has 3 heterocycles. The summed E-state index contributed by atoms with van der Waals surface area (Å²) in [5.74, 6) is -0.352. The van der Waals surface area contributed by atoms with E-state index in [4.69, 9.17) is 10.7 Å². The smallest absolute Gasteiger partial charge is 0.274 e. The van der Waals surface area contributed by atoms with E-state index in [1.54, 1.807) is 12.4 Å². The molecule has 166 valence electrons. The maximum Gasteiger partial charge on any atom is 0.274 e. The molecule has 0 bridgehead atoms. The summed E-state index contributed by atoms with van der Waals surface area (Å²) in [5.41, 5.74) is 10.7. The van der Waals surface area contributed by atoms with Crippen molar-refractivity contribution in [2.45, 2.75) is 13.0 Å². The van der Waals surface area contributed by atoms with Gasteiger partial charge in [-0.25, -0.2) is 9.97 Å². The molecule has 34 heavy (non-hydrogen) atoms. The summed E-state index contributed by atoms with van der Waals surface area (Å²) in [6, 6.07) is 24.7. The molecule has 3 N–H and O–H groups in total. The van der Waals surface area contributed by atoms with Crippen molar-refractivity contribution in [2.24, 2.45) is 0 Å². The van der Waals surface area contributed by atoms with Crippen LogP contribution in [0.4, 0.5) is 5.82 Å². The molecule has 7 nitrogen and oxygen atoms in total. The third kappa shape index (κ3) is 4.19. The molecule has 7 heteroatoms. The number of nitrogens with two attached hydrogens (primary N) is 1. The number of fused-ring (bicyclic) bond motifs is 1. The zero-order valence-corrected chi connectivity index (χ0v) is 18.5. The first kappa shape index (κ1) is 21.2. The molecular formula is C27H22N6O. The third-order valence-corrected chi connectivity index (χ3v) is 5.54. The second kappa shape index (κ2) is 9.07. The van der Waals surface area contributed by atoms with Crippen LogP contribution in [0.15, 0.2) is 91.3 Å². The summed E-state index contributed by atoms with van der Waals surface area (Å²) in [6.07, 6.45) is 3.43. The van der Waals surface area contributed by atoms with E-state index in [9.17, 15) is 4.79 Å². The van der Waals surface area contributed by atoms with Gasteiger partial charge in [0.15, 0.2) is 11.5 Å². The Labute approximate surface area is 196 Å². The number of nitrogen functional groups attached to an aromatic ring is 1. The number of amides is 1. The number of nitrogens with one attached hydrogen (secondary N) is 1. The van der Waals surface area contributed by atoms with Crippen LogP contribution >= 0.6 is 0 Å². The van der Waals surface area contributed by atoms with E-state index >= 15 is 0 Å². The molecule has 1 atom stereocenters. The minimum atomic E-state index is -0.414. The molecule has 0 saturated heterocycles. The van der Waals surface area contributed by atoms with Gasteiger partial charge in [-0.3, -0.25) is 14.8 Å². The summed E-state index contributed by atoms with van der Waals surface area (Å²) >= 11 is 0. The van der Waals surface area contributed by atoms with Gasteiger partial charge in [-0.15, -0.1) is 0 Å². The van der Waals surface area contributed by atoms with Crippen molar-refractivity contribution in [3.63, 3.8) is 0 Å². The van der Waals surface area contributed by atoms with E-state index in [1.807, 2.05) is 85.8 Å². The van der Waals surface area contributed by atoms with Gasteiger partial charge in [0, 0.05) is 28.9 Å².